The molecule has 1 N–H and O–H groups in total. The molecule has 20 heavy (non-hydrogen) atoms. The predicted molar refractivity (Wildman–Crippen MR) is 83.2 cm³/mol. The van der Waals surface area contributed by atoms with Crippen molar-refractivity contribution in [3.63, 3.8) is 0 Å². The highest BCUT2D eigenvalue weighted by molar-refractivity contribution is 9.10. The van der Waals surface area contributed by atoms with Gasteiger partial charge in [0.2, 0.25) is 0 Å². The summed E-state index contributed by atoms with van der Waals surface area (Å²) in [6, 6.07) is 6.66. The van der Waals surface area contributed by atoms with Crippen LogP contribution in [-0.4, -0.2) is 30.1 Å². The molecule has 0 aromatic heterocycles. The van der Waals surface area contributed by atoms with Gasteiger partial charge in [0.15, 0.2) is 0 Å². The smallest absolute Gasteiger partial charge is 0.128 e. The molecule has 1 aromatic rings. The van der Waals surface area contributed by atoms with Crippen LogP contribution < -0.4 is 5.32 Å². The first-order valence-electron chi connectivity index (χ1n) is 7.64. The van der Waals surface area contributed by atoms with Gasteiger partial charge in [-0.1, -0.05) is 28.4 Å². The molecular weight excluding hydrogens is 319 g/mol. The average molecular weight is 341 g/mol. The van der Waals surface area contributed by atoms with E-state index in [1.807, 2.05) is 12.1 Å². The van der Waals surface area contributed by atoms with Crippen LogP contribution in [0.15, 0.2) is 22.7 Å². The molecule has 1 unspecified atom stereocenters. The van der Waals surface area contributed by atoms with E-state index < -0.39 is 0 Å². The molecule has 1 heterocycles. The van der Waals surface area contributed by atoms with Gasteiger partial charge in [0, 0.05) is 35.2 Å². The molecule has 3 rings (SSSR count). The summed E-state index contributed by atoms with van der Waals surface area (Å²) in [5.41, 5.74) is 0.816. The fourth-order valence-electron chi connectivity index (χ4n) is 3.01. The molecule has 0 radical (unpaired) electrons. The van der Waals surface area contributed by atoms with Crippen molar-refractivity contribution in [1.29, 1.82) is 0 Å². The van der Waals surface area contributed by atoms with Crippen molar-refractivity contribution in [3.8, 4) is 0 Å². The van der Waals surface area contributed by atoms with Gasteiger partial charge in [-0.15, -0.1) is 0 Å². The maximum Gasteiger partial charge on any atom is 0.128 e. The third kappa shape index (κ3) is 3.80. The molecule has 1 saturated heterocycles. The topological polar surface area (TPSA) is 15.3 Å². The summed E-state index contributed by atoms with van der Waals surface area (Å²) >= 11 is 3.32. The van der Waals surface area contributed by atoms with E-state index >= 15 is 0 Å². The van der Waals surface area contributed by atoms with E-state index in [0.717, 1.165) is 29.7 Å². The molecule has 0 bridgehead atoms. The molecule has 0 amide bonds. The van der Waals surface area contributed by atoms with Crippen LogP contribution in [0.5, 0.6) is 0 Å². The molecule has 2 fully saturated rings. The van der Waals surface area contributed by atoms with Crippen molar-refractivity contribution in [1.82, 2.24) is 10.2 Å². The third-order valence-corrected chi connectivity index (χ3v) is 4.81. The highest BCUT2D eigenvalue weighted by Crippen LogP contribution is 2.30. The normalized spacial score (nSPS) is 23.2. The molecule has 1 aromatic carbocycles. The lowest BCUT2D eigenvalue weighted by Gasteiger charge is -2.30. The van der Waals surface area contributed by atoms with Gasteiger partial charge in [0.1, 0.15) is 5.82 Å². The Morgan fingerprint density at radius 2 is 2.10 bits per heavy atom. The standard InChI is InChI=1S/C16H22BrFN2/c17-13-5-4-12(16(18)9-13)10-20(15-6-7-15)11-14-3-1-2-8-19-14/h4-5,9,14-15,19H,1-3,6-8,10-11H2. The van der Waals surface area contributed by atoms with Crippen molar-refractivity contribution >= 4 is 15.9 Å². The van der Waals surface area contributed by atoms with Gasteiger partial charge in [-0.05, 0) is 44.4 Å². The lowest BCUT2D eigenvalue weighted by molar-refractivity contribution is 0.206. The summed E-state index contributed by atoms with van der Waals surface area (Å²) < 4.78 is 14.8. The first kappa shape index (κ1) is 14.5. The van der Waals surface area contributed by atoms with Crippen molar-refractivity contribution in [3.05, 3.63) is 34.1 Å². The number of rotatable bonds is 5. The maximum absolute atomic E-state index is 14.0. The number of hydrogen-bond acceptors (Lipinski definition) is 2. The van der Waals surface area contributed by atoms with Crippen LogP contribution in [0.1, 0.15) is 37.7 Å². The van der Waals surface area contributed by atoms with E-state index in [1.165, 1.54) is 32.1 Å². The van der Waals surface area contributed by atoms with Gasteiger partial charge in [-0.3, -0.25) is 4.90 Å². The minimum atomic E-state index is -0.0957. The van der Waals surface area contributed by atoms with E-state index in [2.05, 4.69) is 26.1 Å². The van der Waals surface area contributed by atoms with Gasteiger partial charge >= 0.3 is 0 Å². The average Bonchev–Trinajstić information content (AvgIpc) is 3.26. The first-order valence-corrected chi connectivity index (χ1v) is 8.43. The van der Waals surface area contributed by atoms with Crippen LogP contribution in [0.4, 0.5) is 4.39 Å². The monoisotopic (exact) mass is 340 g/mol. The fourth-order valence-corrected chi connectivity index (χ4v) is 3.35. The van der Waals surface area contributed by atoms with E-state index in [0.29, 0.717) is 12.1 Å². The second-order valence-corrected chi connectivity index (χ2v) is 6.96. The zero-order valence-corrected chi connectivity index (χ0v) is 13.3. The Morgan fingerprint density at radius 3 is 2.75 bits per heavy atom. The molecular formula is C16H22BrFN2. The van der Waals surface area contributed by atoms with Gasteiger partial charge in [0.05, 0.1) is 0 Å². The van der Waals surface area contributed by atoms with Crippen LogP contribution >= 0.6 is 15.9 Å². The second kappa shape index (κ2) is 6.54. The molecule has 0 spiro atoms. The van der Waals surface area contributed by atoms with Gasteiger partial charge in [0.25, 0.3) is 0 Å². The highest BCUT2D eigenvalue weighted by atomic mass is 79.9. The zero-order chi connectivity index (χ0) is 13.9. The number of hydrogen-bond donors (Lipinski definition) is 1. The number of piperidine rings is 1. The van der Waals surface area contributed by atoms with E-state index in [9.17, 15) is 4.39 Å². The molecule has 4 heteroatoms. The molecule has 2 nitrogen and oxygen atoms in total. The Bertz CT molecular complexity index is 456. The lowest BCUT2D eigenvalue weighted by Crippen LogP contribution is -2.44. The third-order valence-electron chi connectivity index (χ3n) is 4.32. The fraction of sp³-hybridized carbons (Fsp3) is 0.625. The maximum atomic E-state index is 14.0. The Morgan fingerprint density at radius 1 is 1.25 bits per heavy atom. The molecule has 1 aliphatic heterocycles. The predicted octanol–water partition coefficient (Wildman–Crippen LogP) is 3.69. The lowest BCUT2D eigenvalue weighted by atomic mass is 10.0. The molecule has 1 saturated carbocycles. The van der Waals surface area contributed by atoms with E-state index in [4.69, 9.17) is 0 Å². The van der Waals surface area contributed by atoms with Crippen molar-refractivity contribution in [2.24, 2.45) is 0 Å². The number of halogens is 2. The van der Waals surface area contributed by atoms with Crippen LogP contribution in [0.25, 0.3) is 0 Å². The zero-order valence-electron chi connectivity index (χ0n) is 11.7. The SMILES string of the molecule is Fc1cc(Br)ccc1CN(CC1CCCCN1)C1CC1. The Hall–Kier alpha value is -0.450. The van der Waals surface area contributed by atoms with Crippen LogP contribution in [-0.2, 0) is 6.54 Å². The van der Waals surface area contributed by atoms with E-state index in [1.54, 1.807) is 6.07 Å². The van der Waals surface area contributed by atoms with Gasteiger partial charge in [-0.25, -0.2) is 4.39 Å². The van der Waals surface area contributed by atoms with Crippen molar-refractivity contribution < 1.29 is 4.39 Å². The number of nitrogens with zero attached hydrogens (tertiary/aromatic N) is 1. The second-order valence-electron chi connectivity index (χ2n) is 6.04. The first-order chi connectivity index (χ1) is 9.72. The summed E-state index contributed by atoms with van der Waals surface area (Å²) in [5.74, 6) is -0.0957. The largest absolute Gasteiger partial charge is 0.313 e. The summed E-state index contributed by atoms with van der Waals surface area (Å²) in [6.45, 7) is 2.93. The summed E-state index contributed by atoms with van der Waals surface area (Å²) in [6.07, 6.45) is 6.41. The van der Waals surface area contributed by atoms with Gasteiger partial charge < -0.3 is 5.32 Å². The molecule has 1 aliphatic carbocycles. The minimum absolute atomic E-state index is 0.0957. The summed E-state index contributed by atoms with van der Waals surface area (Å²) in [7, 11) is 0. The summed E-state index contributed by atoms with van der Waals surface area (Å²) in [4.78, 5) is 2.47. The van der Waals surface area contributed by atoms with Gasteiger partial charge in [-0.2, -0.15) is 0 Å². The van der Waals surface area contributed by atoms with Crippen LogP contribution in [0, 0.1) is 5.82 Å². The van der Waals surface area contributed by atoms with Crippen LogP contribution in [0.3, 0.4) is 0 Å². The Kier molecular flexibility index (Phi) is 4.74. The molecule has 1 atom stereocenters. The van der Waals surface area contributed by atoms with Crippen LogP contribution in [0.2, 0.25) is 0 Å². The number of nitrogens with one attached hydrogen (secondary N) is 1. The van der Waals surface area contributed by atoms with E-state index in [-0.39, 0.29) is 5.82 Å². The highest BCUT2D eigenvalue weighted by Gasteiger charge is 2.31. The quantitative estimate of drug-likeness (QED) is 0.879. The van der Waals surface area contributed by atoms with Crippen molar-refractivity contribution in [2.75, 3.05) is 13.1 Å². The summed E-state index contributed by atoms with van der Waals surface area (Å²) in [5, 5.41) is 3.60. The Labute approximate surface area is 128 Å². The molecule has 2 aliphatic rings. The Balaban J connectivity index is 1.64. The van der Waals surface area contributed by atoms with Crippen molar-refractivity contribution in [2.45, 2.75) is 50.7 Å². The molecule has 110 valence electrons. The number of benzene rings is 1. The minimum Gasteiger partial charge on any atom is -0.313 e.